The number of hydrogen-bond donors (Lipinski definition) is 2. The van der Waals surface area contributed by atoms with Gasteiger partial charge in [0.25, 0.3) is 0 Å². The van der Waals surface area contributed by atoms with Crippen LogP contribution in [0.2, 0.25) is 0 Å². The second-order valence-electron chi connectivity index (χ2n) is 5.01. The molecule has 1 fully saturated rings. The second kappa shape index (κ2) is 7.05. The minimum absolute atomic E-state index is 0.00551. The molecule has 1 atom stereocenters. The van der Waals surface area contributed by atoms with Gasteiger partial charge in [0.15, 0.2) is 0 Å². The van der Waals surface area contributed by atoms with Crippen molar-refractivity contribution in [2.45, 2.75) is 38.2 Å². The average molecular weight is 277 g/mol. The number of carbonyl (C=O) groups is 2. The molecule has 2 rings (SSSR count). The molecule has 0 aromatic heterocycles. The standard InChI is InChI=1S/C15H19NO4/c17-14(10-13-6-1-2-7-20-13)16-12-5-3-4-11(8-12)9-15(18)19/h3-5,8,13H,1-2,6-7,9-10H2,(H,16,17)(H,18,19). The highest BCUT2D eigenvalue weighted by molar-refractivity contribution is 5.91. The highest BCUT2D eigenvalue weighted by Crippen LogP contribution is 2.17. The summed E-state index contributed by atoms with van der Waals surface area (Å²) in [6.45, 7) is 0.728. The summed E-state index contributed by atoms with van der Waals surface area (Å²) in [5.74, 6) is -0.978. The van der Waals surface area contributed by atoms with Gasteiger partial charge in [0.2, 0.25) is 5.91 Å². The van der Waals surface area contributed by atoms with Crippen molar-refractivity contribution in [1.82, 2.24) is 0 Å². The molecule has 1 aliphatic heterocycles. The van der Waals surface area contributed by atoms with Crippen LogP contribution >= 0.6 is 0 Å². The van der Waals surface area contributed by atoms with Crippen molar-refractivity contribution in [3.05, 3.63) is 29.8 Å². The van der Waals surface area contributed by atoms with E-state index in [1.54, 1.807) is 24.3 Å². The van der Waals surface area contributed by atoms with Gasteiger partial charge in [-0.05, 0) is 37.0 Å². The Kier molecular flexibility index (Phi) is 5.12. The molecule has 5 nitrogen and oxygen atoms in total. The average Bonchev–Trinajstić information content (AvgIpc) is 2.39. The van der Waals surface area contributed by atoms with E-state index in [-0.39, 0.29) is 18.4 Å². The summed E-state index contributed by atoms with van der Waals surface area (Å²) in [7, 11) is 0. The first-order valence-corrected chi connectivity index (χ1v) is 6.85. The van der Waals surface area contributed by atoms with Gasteiger partial charge < -0.3 is 15.2 Å². The maximum Gasteiger partial charge on any atom is 0.307 e. The molecular formula is C15H19NO4. The van der Waals surface area contributed by atoms with Gasteiger partial charge in [-0.3, -0.25) is 9.59 Å². The normalized spacial score (nSPS) is 18.5. The molecule has 1 aliphatic rings. The van der Waals surface area contributed by atoms with E-state index in [1.165, 1.54) is 0 Å². The fourth-order valence-electron chi connectivity index (χ4n) is 2.32. The predicted octanol–water partition coefficient (Wildman–Crippen LogP) is 2.21. The van der Waals surface area contributed by atoms with Gasteiger partial charge in [0, 0.05) is 12.3 Å². The lowest BCUT2D eigenvalue weighted by Crippen LogP contribution is -2.25. The van der Waals surface area contributed by atoms with Gasteiger partial charge in [-0.25, -0.2) is 0 Å². The molecule has 20 heavy (non-hydrogen) atoms. The van der Waals surface area contributed by atoms with Gasteiger partial charge >= 0.3 is 5.97 Å². The number of nitrogens with one attached hydrogen (secondary N) is 1. The summed E-state index contributed by atoms with van der Waals surface area (Å²) in [6.07, 6.45) is 3.40. The van der Waals surface area contributed by atoms with Crippen LogP contribution in [-0.2, 0) is 20.7 Å². The van der Waals surface area contributed by atoms with E-state index in [4.69, 9.17) is 9.84 Å². The lowest BCUT2D eigenvalue weighted by Gasteiger charge is -2.21. The van der Waals surface area contributed by atoms with Gasteiger partial charge in [-0.1, -0.05) is 12.1 Å². The molecule has 0 saturated carbocycles. The molecule has 1 unspecified atom stereocenters. The number of hydrogen-bond acceptors (Lipinski definition) is 3. The van der Waals surface area contributed by atoms with Crippen molar-refractivity contribution >= 4 is 17.6 Å². The minimum atomic E-state index is -0.885. The third kappa shape index (κ3) is 4.66. The molecule has 1 saturated heterocycles. The van der Waals surface area contributed by atoms with E-state index in [1.807, 2.05) is 0 Å². The number of carboxylic acid groups (broad SMARTS) is 1. The largest absolute Gasteiger partial charge is 0.481 e. The van der Waals surface area contributed by atoms with E-state index < -0.39 is 5.97 Å². The van der Waals surface area contributed by atoms with E-state index in [0.29, 0.717) is 17.7 Å². The molecule has 0 radical (unpaired) electrons. The first-order chi connectivity index (χ1) is 9.63. The van der Waals surface area contributed by atoms with E-state index in [9.17, 15) is 9.59 Å². The molecule has 1 heterocycles. The lowest BCUT2D eigenvalue weighted by atomic mass is 10.1. The Hall–Kier alpha value is -1.88. The molecular weight excluding hydrogens is 258 g/mol. The molecule has 1 amide bonds. The van der Waals surface area contributed by atoms with Crippen LogP contribution in [-0.4, -0.2) is 29.7 Å². The van der Waals surface area contributed by atoms with Gasteiger partial charge in [-0.15, -0.1) is 0 Å². The third-order valence-corrected chi connectivity index (χ3v) is 3.25. The topological polar surface area (TPSA) is 75.6 Å². The van der Waals surface area contributed by atoms with Gasteiger partial charge in [0.1, 0.15) is 0 Å². The minimum Gasteiger partial charge on any atom is -0.481 e. The van der Waals surface area contributed by atoms with Crippen LogP contribution in [0.15, 0.2) is 24.3 Å². The van der Waals surface area contributed by atoms with Crippen molar-refractivity contribution in [1.29, 1.82) is 0 Å². The summed E-state index contributed by atoms with van der Waals surface area (Å²) < 4.78 is 5.52. The Morgan fingerprint density at radius 1 is 1.35 bits per heavy atom. The number of aliphatic carboxylic acids is 1. The number of ether oxygens (including phenoxy) is 1. The lowest BCUT2D eigenvalue weighted by molar-refractivity contribution is -0.136. The first-order valence-electron chi connectivity index (χ1n) is 6.85. The van der Waals surface area contributed by atoms with Crippen molar-refractivity contribution < 1.29 is 19.4 Å². The highest BCUT2D eigenvalue weighted by atomic mass is 16.5. The maximum atomic E-state index is 11.9. The number of rotatable bonds is 5. The van der Waals surface area contributed by atoms with Crippen LogP contribution in [0.3, 0.4) is 0 Å². The number of benzene rings is 1. The summed E-state index contributed by atoms with van der Waals surface area (Å²) in [5.41, 5.74) is 1.30. The quantitative estimate of drug-likeness (QED) is 0.865. The van der Waals surface area contributed by atoms with E-state index in [2.05, 4.69) is 5.32 Å². The summed E-state index contributed by atoms with van der Waals surface area (Å²) in [6, 6.07) is 6.91. The molecule has 1 aromatic rings. The summed E-state index contributed by atoms with van der Waals surface area (Å²) in [5, 5.41) is 11.5. The van der Waals surface area contributed by atoms with Crippen molar-refractivity contribution in [3.63, 3.8) is 0 Å². The van der Waals surface area contributed by atoms with E-state index >= 15 is 0 Å². The SMILES string of the molecule is O=C(O)Cc1cccc(NC(=O)CC2CCCCO2)c1. The number of carbonyl (C=O) groups excluding carboxylic acids is 1. The van der Waals surface area contributed by atoms with Crippen LogP contribution in [0.1, 0.15) is 31.2 Å². The summed E-state index contributed by atoms with van der Waals surface area (Å²) >= 11 is 0. The van der Waals surface area contributed by atoms with Crippen LogP contribution < -0.4 is 5.32 Å². The Morgan fingerprint density at radius 2 is 2.20 bits per heavy atom. The molecule has 2 N–H and O–H groups in total. The molecule has 0 aliphatic carbocycles. The molecule has 108 valence electrons. The third-order valence-electron chi connectivity index (χ3n) is 3.25. The van der Waals surface area contributed by atoms with Crippen LogP contribution in [0.5, 0.6) is 0 Å². The number of amides is 1. The van der Waals surface area contributed by atoms with Gasteiger partial charge in [0.05, 0.1) is 18.9 Å². The Bertz CT molecular complexity index is 481. The monoisotopic (exact) mass is 277 g/mol. The zero-order chi connectivity index (χ0) is 14.4. The predicted molar refractivity (Wildman–Crippen MR) is 74.6 cm³/mol. The van der Waals surface area contributed by atoms with Gasteiger partial charge in [-0.2, -0.15) is 0 Å². The molecule has 0 bridgehead atoms. The zero-order valence-electron chi connectivity index (χ0n) is 11.3. The van der Waals surface area contributed by atoms with Crippen molar-refractivity contribution in [2.75, 3.05) is 11.9 Å². The zero-order valence-corrected chi connectivity index (χ0v) is 11.3. The molecule has 0 spiro atoms. The van der Waals surface area contributed by atoms with Crippen molar-refractivity contribution in [3.8, 4) is 0 Å². The Labute approximate surface area is 117 Å². The Balaban J connectivity index is 1.88. The van der Waals surface area contributed by atoms with Crippen LogP contribution in [0.25, 0.3) is 0 Å². The summed E-state index contributed by atoms with van der Waals surface area (Å²) in [4.78, 5) is 22.6. The Morgan fingerprint density at radius 3 is 2.90 bits per heavy atom. The van der Waals surface area contributed by atoms with Crippen LogP contribution in [0, 0.1) is 0 Å². The fraction of sp³-hybridized carbons (Fsp3) is 0.467. The highest BCUT2D eigenvalue weighted by Gasteiger charge is 2.17. The van der Waals surface area contributed by atoms with Crippen LogP contribution in [0.4, 0.5) is 5.69 Å². The smallest absolute Gasteiger partial charge is 0.307 e. The first kappa shape index (κ1) is 14.5. The number of carboxylic acids is 1. The fourth-order valence-corrected chi connectivity index (χ4v) is 2.32. The molecule has 1 aromatic carbocycles. The molecule has 5 heteroatoms. The number of anilines is 1. The second-order valence-corrected chi connectivity index (χ2v) is 5.01. The van der Waals surface area contributed by atoms with Crippen molar-refractivity contribution in [2.24, 2.45) is 0 Å². The van der Waals surface area contributed by atoms with E-state index in [0.717, 1.165) is 25.9 Å². The maximum absolute atomic E-state index is 11.9.